The molecule has 0 saturated carbocycles. The quantitative estimate of drug-likeness (QED) is 0.630. The number of likely N-dealkylation sites (tertiary alicyclic amines) is 1. The van der Waals surface area contributed by atoms with E-state index in [1.54, 1.807) is 0 Å². The Hall–Kier alpha value is -2.38. The number of primary amides is 1. The summed E-state index contributed by atoms with van der Waals surface area (Å²) in [5, 5.41) is 13.6. The van der Waals surface area contributed by atoms with Crippen molar-refractivity contribution in [3.63, 3.8) is 0 Å². The number of aryl methyl sites for hydroxylation is 2. The lowest BCUT2D eigenvalue weighted by Gasteiger charge is -2.41. The highest BCUT2D eigenvalue weighted by atomic mass is 16.3. The van der Waals surface area contributed by atoms with Gasteiger partial charge in [-0.05, 0) is 71.3 Å². The smallest absolute Gasteiger partial charge is 0.250 e. The molecule has 156 valence electrons. The number of nitrogens with zero attached hydrogens (tertiary/aromatic N) is 3. The van der Waals surface area contributed by atoms with Crippen LogP contribution >= 0.6 is 0 Å². The SMILES string of the molecule is Cc1cc(C(N)=O)c2c(c1)nc1c(C3(C)CCN(CC(C)(C)O)CC3)c(C)[nH]n12. The van der Waals surface area contributed by atoms with Crippen molar-refractivity contribution >= 4 is 22.6 Å². The van der Waals surface area contributed by atoms with Crippen LogP contribution in [0.2, 0.25) is 0 Å². The summed E-state index contributed by atoms with van der Waals surface area (Å²) < 4.78 is 1.92. The highest BCUT2D eigenvalue weighted by Gasteiger charge is 2.37. The van der Waals surface area contributed by atoms with Crippen molar-refractivity contribution in [2.24, 2.45) is 5.73 Å². The number of piperidine rings is 1. The van der Waals surface area contributed by atoms with Crippen LogP contribution in [0.15, 0.2) is 12.1 Å². The summed E-state index contributed by atoms with van der Waals surface area (Å²) in [5.74, 6) is -0.444. The van der Waals surface area contributed by atoms with Crippen LogP contribution in [0.1, 0.15) is 60.8 Å². The number of rotatable bonds is 4. The van der Waals surface area contributed by atoms with Gasteiger partial charge in [0.05, 0.1) is 16.7 Å². The number of aliphatic hydroxyl groups is 1. The Morgan fingerprint density at radius 3 is 2.55 bits per heavy atom. The van der Waals surface area contributed by atoms with Crippen molar-refractivity contribution in [3.8, 4) is 0 Å². The molecule has 1 aliphatic heterocycles. The van der Waals surface area contributed by atoms with E-state index in [2.05, 4.69) is 23.8 Å². The van der Waals surface area contributed by atoms with Gasteiger partial charge in [0.2, 0.25) is 0 Å². The maximum atomic E-state index is 12.1. The number of fused-ring (bicyclic) bond motifs is 3. The zero-order valence-corrected chi connectivity index (χ0v) is 18.0. The molecule has 0 unspecified atom stereocenters. The first kappa shape index (κ1) is 19.9. The lowest BCUT2D eigenvalue weighted by Crippen LogP contribution is -2.46. The topological polar surface area (TPSA) is 99.7 Å². The van der Waals surface area contributed by atoms with E-state index in [1.165, 1.54) is 5.56 Å². The lowest BCUT2D eigenvalue weighted by molar-refractivity contribution is 0.0222. The fourth-order valence-corrected chi connectivity index (χ4v) is 4.93. The third-order valence-corrected chi connectivity index (χ3v) is 6.21. The zero-order valence-electron chi connectivity index (χ0n) is 18.0. The maximum absolute atomic E-state index is 12.1. The molecule has 0 spiro atoms. The van der Waals surface area contributed by atoms with E-state index in [9.17, 15) is 9.90 Å². The molecule has 4 rings (SSSR count). The van der Waals surface area contributed by atoms with Gasteiger partial charge in [0.15, 0.2) is 5.65 Å². The minimum Gasteiger partial charge on any atom is -0.389 e. The molecule has 0 bridgehead atoms. The average molecular weight is 398 g/mol. The molecule has 0 radical (unpaired) electrons. The fraction of sp³-hybridized carbons (Fsp3) is 0.545. The number of hydrogen-bond donors (Lipinski definition) is 3. The van der Waals surface area contributed by atoms with Crippen LogP contribution in [-0.4, -0.2) is 55.7 Å². The Bertz CT molecular complexity index is 1090. The van der Waals surface area contributed by atoms with Crippen molar-refractivity contribution in [1.82, 2.24) is 19.5 Å². The molecule has 7 heteroatoms. The molecule has 29 heavy (non-hydrogen) atoms. The Balaban J connectivity index is 1.78. The van der Waals surface area contributed by atoms with E-state index in [0.717, 1.165) is 53.9 Å². The number of aromatic nitrogens is 3. The molecule has 1 aromatic carbocycles. The van der Waals surface area contributed by atoms with Crippen LogP contribution in [0.5, 0.6) is 0 Å². The Morgan fingerprint density at radius 2 is 1.97 bits per heavy atom. The third-order valence-electron chi connectivity index (χ3n) is 6.21. The molecule has 3 heterocycles. The van der Waals surface area contributed by atoms with Crippen molar-refractivity contribution in [1.29, 1.82) is 0 Å². The first-order valence-electron chi connectivity index (χ1n) is 10.2. The highest BCUT2D eigenvalue weighted by Crippen LogP contribution is 2.40. The number of carbonyl (C=O) groups excluding carboxylic acids is 1. The predicted octanol–water partition coefficient (Wildman–Crippen LogP) is 2.66. The number of hydrogen-bond acceptors (Lipinski definition) is 4. The Kier molecular flexibility index (Phi) is 4.51. The van der Waals surface area contributed by atoms with Crippen molar-refractivity contribution in [2.45, 2.75) is 58.5 Å². The molecule has 2 aromatic heterocycles. The Morgan fingerprint density at radius 1 is 1.31 bits per heavy atom. The van der Waals surface area contributed by atoms with Crippen LogP contribution in [0, 0.1) is 13.8 Å². The average Bonchev–Trinajstić information content (AvgIpc) is 3.09. The van der Waals surface area contributed by atoms with E-state index in [0.29, 0.717) is 12.1 Å². The standard InChI is InChI=1S/C22H31N5O2/c1-13-10-15(19(23)28)18-16(11-13)24-20-17(14(2)25-27(18)20)22(5)6-8-26(9-7-22)12-21(3,4)29/h10-11,25,29H,6-9,12H2,1-5H3,(H2,23,28). The number of amides is 1. The fourth-order valence-electron chi connectivity index (χ4n) is 4.93. The van der Waals surface area contributed by atoms with E-state index < -0.39 is 11.5 Å². The molecule has 1 saturated heterocycles. The normalized spacial score (nSPS) is 18.0. The summed E-state index contributed by atoms with van der Waals surface area (Å²) in [5.41, 5.74) is 11.1. The summed E-state index contributed by atoms with van der Waals surface area (Å²) >= 11 is 0. The van der Waals surface area contributed by atoms with Crippen LogP contribution in [0.3, 0.4) is 0 Å². The highest BCUT2D eigenvalue weighted by molar-refractivity contribution is 6.05. The number of β-amino-alcohol motifs (C(OH)–C–C–N with tert-alkyl or cyclic N) is 1. The van der Waals surface area contributed by atoms with E-state index >= 15 is 0 Å². The Labute approximate surface area is 170 Å². The second kappa shape index (κ2) is 6.57. The number of aromatic amines is 1. The lowest BCUT2D eigenvalue weighted by atomic mass is 9.74. The maximum Gasteiger partial charge on any atom is 0.250 e. The third kappa shape index (κ3) is 3.42. The van der Waals surface area contributed by atoms with Gasteiger partial charge in [-0.1, -0.05) is 6.92 Å². The van der Waals surface area contributed by atoms with Crippen molar-refractivity contribution < 1.29 is 9.90 Å². The van der Waals surface area contributed by atoms with Gasteiger partial charge in [-0.15, -0.1) is 0 Å². The van der Waals surface area contributed by atoms with E-state index in [4.69, 9.17) is 10.7 Å². The molecule has 1 fully saturated rings. The van der Waals surface area contributed by atoms with Crippen LogP contribution in [-0.2, 0) is 5.41 Å². The van der Waals surface area contributed by atoms with Gasteiger partial charge in [-0.25, -0.2) is 9.50 Å². The van der Waals surface area contributed by atoms with Gasteiger partial charge in [-0.3, -0.25) is 9.89 Å². The minimum atomic E-state index is -0.686. The number of nitrogens with one attached hydrogen (secondary N) is 1. The minimum absolute atomic E-state index is 0.0231. The van der Waals surface area contributed by atoms with Gasteiger partial charge < -0.3 is 15.7 Å². The summed E-state index contributed by atoms with van der Waals surface area (Å²) in [4.78, 5) is 19.3. The molecule has 1 aliphatic rings. The van der Waals surface area contributed by atoms with Crippen LogP contribution in [0.25, 0.3) is 16.7 Å². The largest absolute Gasteiger partial charge is 0.389 e. The summed E-state index contributed by atoms with van der Waals surface area (Å²) in [6.45, 7) is 12.6. The van der Waals surface area contributed by atoms with E-state index in [1.807, 2.05) is 37.4 Å². The van der Waals surface area contributed by atoms with Crippen molar-refractivity contribution in [3.05, 3.63) is 34.5 Å². The van der Waals surface area contributed by atoms with Gasteiger partial charge in [0.25, 0.3) is 5.91 Å². The second-order valence-electron chi connectivity index (χ2n) is 9.58. The van der Waals surface area contributed by atoms with Gasteiger partial charge in [0.1, 0.15) is 5.52 Å². The van der Waals surface area contributed by atoms with Gasteiger partial charge >= 0.3 is 0 Å². The molecule has 0 atom stereocenters. The monoisotopic (exact) mass is 397 g/mol. The first-order chi connectivity index (χ1) is 13.5. The molecule has 3 aromatic rings. The number of carbonyl (C=O) groups is 1. The summed E-state index contributed by atoms with van der Waals surface area (Å²) in [6, 6.07) is 3.82. The second-order valence-corrected chi connectivity index (χ2v) is 9.58. The zero-order chi connectivity index (χ0) is 21.1. The van der Waals surface area contributed by atoms with E-state index in [-0.39, 0.29) is 5.41 Å². The molecule has 4 N–H and O–H groups in total. The molecular weight excluding hydrogens is 366 g/mol. The number of H-pyrrole nitrogens is 1. The van der Waals surface area contributed by atoms with Crippen LogP contribution in [0.4, 0.5) is 0 Å². The number of benzene rings is 1. The van der Waals surface area contributed by atoms with Gasteiger partial charge in [0, 0.05) is 23.2 Å². The summed E-state index contributed by atoms with van der Waals surface area (Å²) in [7, 11) is 0. The predicted molar refractivity (Wildman–Crippen MR) is 114 cm³/mol. The first-order valence-corrected chi connectivity index (χ1v) is 10.2. The number of nitrogens with two attached hydrogens (primary N) is 1. The summed E-state index contributed by atoms with van der Waals surface area (Å²) in [6.07, 6.45) is 1.98. The molecule has 7 nitrogen and oxygen atoms in total. The molecular formula is C22H31N5O2. The molecule has 0 aliphatic carbocycles. The van der Waals surface area contributed by atoms with Crippen molar-refractivity contribution in [2.75, 3.05) is 19.6 Å². The van der Waals surface area contributed by atoms with Crippen LogP contribution < -0.4 is 5.73 Å². The molecule has 1 amide bonds. The van der Waals surface area contributed by atoms with Gasteiger partial charge in [-0.2, -0.15) is 0 Å². The number of imidazole rings is 1.